The lowest BCUT2D eigenvalue weighted by molar-refractivity contribution is -0.918. The molecule has 3 unspecified atom stereocenters. The smallest absolute Gasteiger partial charge is 0.166 e. The van der Waals surface area contributed by atoms with Crippen LogP contribution >= 0.6 is 0 Å². The van der Waals surface area contributed by atoms with Gasteiger partial charge in [-0.2, -0.15) is 0 Å². The van der Waals surface area contributed by atoms with Crippen LogP contribution in [-0.4, -0.2) is 49.0 Å². The van der Waals surface area contributed by atoms with Gasteiger partial charge in [-0.05, 0) is 24.6 Å². The summed E-state index contributed by atoms with van der Waals surface area (Å²) >= 11 is 0. The maximum atomic E-state index is 10.1. The number of likely N-dealkylation sites (N-methyl/N-ethyl adjacent to an activating group) is 1. The second-order valence-electron chi connectivity index (χ2n) is 8.31. The van der Waals surface area contributed by atoms with Crippen LogP contribution in [0.2, 0.25) is 0 Å². The number of aliphatic hydroxyl groups is 1. The Balaban J connectivity index is 0.00000196. The standard InChI is InChI=1S/C21H28NO3.ClH/c1-14(2)12-22(3)10-9-21-8-7-16(23)11-18(21)25-20-17(24-4)6-5-15(13-22)19(20)21;/h5-8,16,18,23H,1,9-13H2,2-4H3;1H/q+1;/p-1/t16?,18-,21?,22?;/m1./s1. The van der Waals surface area contributed by atoms with Crippen LogP contribution in [0.15, 0.2) is 36.4 Å². The first-order chi connectivity index (χ1) is 11.9. The number of quaternary nitrogens is 1. The monoisotopic (exact) mass is 377 g/mol. The SMILES string of the molecule is C=C(C)C[N+]1(C)CCC23C=CC(O)C[C@H]2Oc2c(OC)ccc(c23)C1.[Cl-]. The second kappa shape index (κ2) is 6.59. The van der Waals surface area contributed by atoms with Crippen LogP contribution in [0, 0.1) is 0 Å². The van der Waals surface area contributed by atoms with Gasteiger partial charge in [0.05, 0.1) is 38.8 Å². The van der Waals surface area contributed by atoms with Gasteiger partial charge in [0.15, 0.2) is 11.5 Å². The normalized spacial score (nSPS) is 34.0. The molecule has 4 nitrogen and oxygen atoms in total. The minimum Gasteiger partial charge on any atom is -1.00 e. The highest BCUT2D eigenvalue weighted by molar-refractivity contribution is 5.60. The molecule has 0 aromatic heterocycles. The van der Waals surface area contributed by atoms with Gasteiger partial charge in [-0.15, -0.1) is 0 Å². The molecular weight excluding hydrogens is 350 g/mol. The lowest BCUT2D eigenvalue weighted by atomic mass is 9.69. The number of rotatable bonds is 3. The zero-order valence-corrected chi connectivity index (χ0v) is 16.6. The van der Waals surface area contributed by atoms with E-state index in [9.17, 15) is 5.11 Å². The first kappa shape index (κ1) is 19.3. The first-order valence-electron chi connectivity index (χ1n) is 9.09. The predicted molar refractivity (Wildman–Crippen MR) is 97.9 cm³/mol. The molecular formula is C21H28ClNO3. The molecule has 3 aliphatic rings. The summed E-state index contributed by atoms with van der Waals surface area (Å²) in [5.74, 6) is 1.68. The van der Waals surface area contributed by atoms with Crippen molar-refractivity contribution in [1.29, 1.82) is 0 Å². The van der Waals surface area contributed by atoms with Gasteiger partial charge in [-0.1, -0.05) is 18.7 Å². The molecule has 5 heteroatoms. The molecule has 2 aliphatic heterocycles. The highest BCUT2D eigenvalue weighted by Crippen LogP contribution is 2.56. The number of ether oxygens (including phenoxy) is 2. The highest BCUT2D eigenvalue weighted by atomic mass is 35.5. The van der Waals surface area contributed by atoms with Gasteiger partial charge >= 0.3 is 0 Å². The fourth-order valence-electron chi connectivity index (χ4n) is 5.06. The van der Waals surface area contributed by atoms with Crippen molar-refractivity contribution >= 4 is 0 Å². The van der Waals surface area contributed by atoms with Crippen molar-refractivity contribution < 1.29 is 31.5 Å². The summed E-state index contributed by atoms with van der Waals surface area (Å²) in [4.78, 5) is 0. The van der Waals surface area contributed by atoms with Crippen molar-refractivity contribution in [2.24, 2.45) is 0 Å². The maximum Gasteiger partial charge on any atom is 0.166 e. The fourth-order valence-corrected chi connectivity index (χ4v) is 5.06. The Morgan fingerprint density at radius 2 is 2.23 bits per heavy atom. The average molecular weight is 378 g/mol. The molecule has 0 saturated carbocycles. The van der Waals surface area contributed by atoms with Gasteiger partial charge < -0.3 is 31.5 Å². The number of methoxy groups -OCH3 is 1. The lowest BCUT2D eigenvalue weighted by Crippen LogP contribution is -3.00. The van der Waals surface area contributed by atoms with Crippen molar-refractivity contribution in [1.82, 2.24) is 0 Å². The van der Waals surface area contributed by atoms with Crippen molar-refractivity contribution in [2.45, 2.75) is 43.9 Å². The average Bonchev–Trinajstić information content (AvgIpc) is 2.81. The number of hydrogen-bond acceptors (Lipinski definition) is 3. The molecule has 1 aromatic rings. The van der Waals surface area contributed by atoms with E-state index in [1.165, 1.54) is 16.7 Å². The molecule has 0 radical (unpaired) electrons. The third kappa shape index (κ3) is 2.84. The molecule has 1 aromatic carbocycles. The summed E-state index contributed by atoms with van der Waals surface area (Å²) in [5, 5.41) is 10.1. The zero-order valence-electron chi connectivity index (χ0n) is 15.8. The topological polar surface area (TPSA) is 38.7 Å². The van der Waals surface area contributed by atoms with E-state index in [2.05, 4.69) is 32.7 Å². The van der Waals surface area contributed by atoms with Crippen LogP contribution in [0.25, 0.3) is 0 Å². The quantitative estimate of drug-likeness (QED) is 0.593. The van der Waals surface area contributed by atoms with Crippen molar-refractivity contribution in [2.75, 3.05) is 27.2 Å². The molecule has 4 rings (SSSR count). The van der Waals surface area contributed by atoms with Crippen LogP contribution in [0.1, 0.15) is 30.9 Å². The molecule has 142 valence electrons. The maximum absolute atomic E-state index is 10.1. The molecule has 0 amide bonds. The third-order valence-corrected chi connectivity index (χ3v) is 6.07. The molecule has 0 bridgehead atoms. The van der Waals surface area contributed by atoms with E-state index in [1.807, 2.05) is 12.1 Å². The second-order valence-corrected chi connectivity index (χ2v) is 8.31. The van der Waals surface area contributed by atoms with Crippen LogP contribution < -0.4 is 21.9 Å². The van der Waals surface area contributed by atoms with Gasteiger partial charge in [0.1, 0.15) is 12.6 Å². The predicted octanol–water partition coefficient (Wildman–Crippen LogP) is -0.0548. The summed E-state index contributed by atoms with van der Waals surface area (Å²) < 4.78 is 12.9. The van der Waals surface area contributed by atoms with E-state index >= 15 is 0 Å². The van der Waals surface area contributed by atoms with E-state index in [1.54, 1.807) is 7.11 Å². The molecule has 0 fully saturated rings. The van der Waals surface area contributed by atoms with Gasteiger partial charge in [-0.25, -0.2) is 0 Å². The molecule has 1 N–H and O–H groups in total. The van der Waals surface area contributed by atoms with Crippen LogP contribution in [-0.2, 0) is 12.0 Å². The van der Waals surface area contributed by atoms with Gasteiger partial charge in [-0.3, -0.25) is 0 Å². The Kier molecular flexibility index (Phi) is 4.89. The Morgan fingerprint density at radius 1 is 1.46 bits per heavy atom. The Bertz CT molecular complexity index is 762. The minimum atomic E-state index is -0.432. The Labute approximate surface area is 162 Å². The van der Waals surface area contributed by atoms with Gasteiger partial charge in [0.25, 0.3) is 0 Å². The van der Waals surface area contributed by atoms with Crippen molar-refractivity contribution in [3.8, 4) is 11.5 Å². The minimum absolute atomic E-state index is 0. The fraction of sp³-hybridized carbons (Fsp3) is 0.524. The molecule has 2 heterocycles. The van der Waals surface area contributed by atoms with E-state index in [4.69, 9.17) is 9.47 Å². The number of nitrogens with zero attached hydrogens (tertiary/aromatic N) is 1. The molecule has 1 aliphatic carbocycles. The molecule has 1 spiro atoms. The lowest BCUT2D eigenvalue weighted by Gasteiger charge is -2.37. The number of hydrogen-bond donors (Lipinski definition) is 1. The van der Waals surface area contributed by atoms with Crippen LogP contribution in [0.3, 0.4) is 0 Å². The van der Waals surface area contributed by atoms with Crippen molar-refractivity contribution in [3.05, 3.63) is 47.6 Å². The number of halogens is 1. The van der Waals surface area contributed by atoms with Gasteiger partial charge in [0, 0.05) is 24.0 Å². The number of aliphatic hydroxyl groups excluding tert-OH is 1. The molecule has 0 saturated heterocycles. The Hall–Kier alpha value is -1.49. The Morgan fingerprint density at radius 3 is 2.92 bits per heavy atom. The summed E-state index contributed by atoms with van der Waals surface area (Å²) in [7, 11) is 4.01. The summed E-state index contributed by atoms with van der Waals surface area (Å²) in [5.41, 5.74) is 3.68. The number of benzene rings is 1. The first-order valence-corrected chi connectivity index (χ1v) is 9.09. The summed E-state index contributed by atoms with van der Waals surface area (Å²) in [6.07, 6.45) is 5.35. The van der Waals surface area contributed by atoms with E-state index in [0.717, 1.165) is 42.0 Å². The third-order valence-electron chi connectivity index (χ3n) is 6.07. The van der Waals surface area contributed by atoms with Crippen LogP contribution in [0.4, 0.5) is 0 Å². The largest absolute Gasteiger partial charge is 1.00 e. The van der Waals surface area contributed by atoms with E-state index in [0.29, 0.717) is 6.42 Å². The van der Waals surface area contributed by atoms with E-state index in [-0.39, 0.29) is 23.9 Å². The summed E-state index contributed by atoms with van der Waals surface area (Å²) in [6, 6.07) is 4.22. The zero-order chi connectivity index (χ0) is 17.8. The summed E-state index contributed by atoms with van der Waals surface area (Å²) in [6.45, 7) is 9.26. The van der Waals surface area contributed by atoms with Gasteiger partial charge in [0.2, 0.25) is 0 Å². The molecule has 4 atom stereocenters. The van der Waals surface area contributed by atoms with Crippen LogP contribution in [0.5, 0.6) is 11.5 Å². The van der Waals surface area contributed by atoms with Crippen molar-refractivity contribution in [3.63, 3.8) is 0 Å². The molecule has 26 heavy (non-hydrogen) atoms. The van der Waals surface area contributed by atoms with E-state index < -0.39 is 6.10 Å². The highest BCUT2D eigenvalue weighted by Gasteiger charge is 2.54.